The molecule has 0 atom stereocenters. The van der Waals surface area contributed by atoms with Crippen molar-refractivity contribution >= 4 is 12.0 Å². The summed E-state index contributed by atoms with van der Waals surface area (Å²) < 4.78 is 12.1. The van der Waals surface area contributed by atoms with E-state index in [9.17, 15) is 5.21 Å². The predicted octanol–water partition coefficient (Wildman–Crippen LogP) is 2.50. The zero-order valence-corrected chi connectivity index (χ0v) is 18.2. The smallest absolute Gasteiger partial charge is 0.318 e. The molecule has 0 unspecified atom stereocenters. The van der Waals surface area contributed by atoms with Crippen molar-refractivity contribution in [2.75, 3.05) is 37.8 Å². The molecular weight excluding hydrogens is 406 g/mol. The third kappa shape index (κ3) is 6.01. The van der Waals surface area contributed by atoms with Gasteiger partial charge in [0.05, 0.1) is 31.9 Å². The fraction of sp³-hybridized carbons (Fsp3) is 0.333. The molecule has 2 aromatic heterocycles. The van der Waals surface area contributed by atoms with Crippen LogP contribution >= 0.6 is 0 Å². The molecule has 3 aromatic rings. The third-order valence-corrected chi connectivity index (χ3v) is 5.11. The number of aliphatic imine (C=N–C) groups is 1. The van der Waals surface area contributed by atoms with Crippen LogP contribution in [0.3, 0.4) is 0 Å². The maximum Gasteiger partial charge on any atom is 0.318 e. The highest BCUT2D eigenvalue weighted by Crippen LogP contribution is 2.18. The standard InChI is InChI=1S/C24H27N5O3/c1-19-5-4-6-20(15-19)17-25-18-21-16-23(28-10-13-31-14-11-28)27-24(26-21)32-12-8-22-7-2-3-9-29(22)30/h2-7,9,15-17H,8,10-14,18H2,1H3. The molecule has 32 heavy (non-hydrogen) atoms. The Morgan fingerprint density at radius 1 is 1.16 bits per heavy atom. The molecule has 0 spiro atoms. The van der Waals surface area contributed by atoms with E-state index in [-0.39, 0.29) is 0 Å². The second-order valence-corrected chi connectivity index (χ2v) is 7.60. The van der Waals surface area contributed by atoms with Gasteiger partial charge < -0.3 is 19.6 Å². The Morgan fingerprint density at radius 3 is 2.84 bits per heavy atom. The molecule has 0 amide bonds. The highest BCUT2D eigenvalue weighted by atomic mass is 16.5. The van der Waals surface area contributed by atoms with Gasteiger partial charge >= 0.3 is 6.01 Å². The summed E-state index contributed by atoms with van der Waals surface area (Å²) in [6.07, 6.45) is 3.80. The molecule has 1 aromatic carbocycles. The minimum absolute atomic E-state index is 0.295. The lowest BCUT2D eigenvalue weighted by atomic mass is 10.1. The molecule has 3 heterocycles. The minimum Gasteiger partial charge on any atom is -0.619 e. The normalized spacial score (nSPS) is 14.1. The zero-order valence-electron chi connectivity index (χ0n) is 18.2. The molecule has 166 valence electrons. The van der Waals surface area contributed by atoms with Gasteiger partial charge in [0.1, 0.15) is 12.4 Å². The topological polar surface area (TPSA) is 86.8 Å². The highest BCUT2D eigenvalue weighted by molar-refractivity contribution is 5.79. The Bertz CT molecular complexity index is 1070. The molecule has 1 fully saturated rings. The maximum absolute atomic E-state index is 11.8. The van der Waals surface area contributed by atoms with Gasteiger partial charge in [0.15, 0.2) is 11.9 Å². The van der Waals surface area contributed by atoms with Gasteiger partial charge in [0.2, 0.25) is 0 Å². The molecule has 4 rings (SSSR count). The van der Waals surface area contributed by atoms with Crippen LogP contribution in [0.2, 0.25) is 0 Å². The highest BCUT2D eigenvalue weighted by Gasteiger charge is 2.16. The van der Waals surface area contributed by atoms with E-state index in [1.807, 2.05) is 30.5 Å². The molecule has 1 aliphatic rings. The largest absolute Gasteiger partial charge is 0.619 e. The van der Waals surface area contributed by atoms with Crippen molar-refractivity contribution in [2.24, 2.45) is 4.99 Å². The van der Waals surface area contributed by atoms with Gasteiger partial charge in [0.25, 0.3) is 0 Å². The molecule has 0 saturated carbocycles. The quantitative estimate of drug-likeness (QED) is 0.308. The molecule has 0 aliphatic carbocycles. The van der Waals surface area contributed by atoms with E-state index in [1.54, 1.807) is 12.1 Å². The fourth-order valence-corrected chi connectivity index (χ4v) is 3.46. The number of anilines is 1. The Labute approximate surface area is 187 Å². The fourth-order valence-electron chi connectivity index (χ4n) is 3.46. The first-order chi connectivity index (χ1) is 15.7. The van der Waals surface area contributed by atoms with Crippen LogP contribution in [-0.2, 0) is 17.7 Å². The number of ether oxygens (including phenoxy) is 2. The molecule has 0 radical (unpaired) electrons. The predicted molar refractivity (Wildman–Crippen MR) is 122 cm³/mol. The van der Waals surface area contributed by atoms with Crippen molar-refractivity contribution in [3.8, 4) is 6.01 Å². The van der Waals surface area contributed by atoms with E-state index >= 15 is 0 Å². The lowest BCUT2D eigenvalue weighted by molar-refractivity contribution is -0.614. The van der Waals surface area contributed by atoms with Gasteiger partial charge in [-0.1, -0.05) is 35.9 Å². The molecule has 8 heteroatoms. The van der Waals surface area contributed by atoms with E-state index in [1.165, 1.54) is 11.8 Å². The van der Waals surface area contributed by atoms with E-state index in [2.05, 4.69) is 38.9 Å². The monoisotopic (exact) mass is 433 g/mol. The Hall–Kier alpha value is -3.52. The summed E-state index contributed by atoms with van der Waals surface area (Å²) in [6.45, 7) is 5.65. The Balaban J connectivity index is 1.47. The van der Waals surface area contributed by atoms with Gasteiger partial charge in [-0.15, -0.1) is 0 Å². The van der Waals surface area contributed by atoms with E-state index in [4.69, 9.17) is 9.47 Å². The van der Waals surface area contributed by atoms with Gasteiger partial charge in [0, 0.05) is 37.5 Å². The summed E-state index contributed by atoms with van der Waals surface area (Å²) >= 11 is 0. The number of rotatable bonds is 8. The van der Waals surface area contributed by atoms with Crippen molar-refractivity contribution in [1.29, 1.82) is 0 Å². The van der Waals surface area contributed by atoms with Crippen LogP contribution in [0.4, 0.5) is 5.82 Å². The molecular formula is C24H27N5O3. The average Bonchev–Trinajstić information content (AvgIpc) is 2.81. The first kappa shape index (κ1) is 21.7. The van der Waals surface area contributed by atoms with Crippen LogP contribution in [-0.4, -0.2) is 49.1 Å². The molecule has 1 aliphatic heterocycles. The molecule has 8 nitrogen and oxygen atoms in total. The number of nitrogens with zero attached hydrogens (tertiary/aromatic N) is 5. The summed E-state index contributed by atoms with van der Waals surface area (Å²) in [5.41, 5.74) is 3.66. The lowest BCUT2D eigenvalue weighted by Gasteiger charge is -2.28. The SMILES string of the molecule is Cc1cccc(C=NCc2cc(N3CCOCC3)nc(OCCc3cccc[n+]3[O-])n2)c1. The van der Waals surface area contributed by atoms with Gasteiger partial charge in [-0.25, -0.2) is 0 Å². The van der Waals surface area contributed by atoms with E-state index < -0.39 is 0 Å². The summed E-state index contributed by atoms with van der Waals surface area (Å²) in [7, 11) is 0. The van der Waals surface area contributed by atoms with Crippen LogP contribution in [0.1, 0.15) is 22.5 Å². The second kappa shape index (κ2) is 10.7. The summed E-state index contributed by atoms with van der Waals surface area (Å²) in [6, 6.07) is 15.8. The number of aromatic nitrogens is 3. The Kier molecular flexibility index (Phi) is 7.24. The third-order valence-electron chi connectivity index (χ3n) is 5.11. The number of hydrogen-bond acceptors (Lipinski definition) is 7. The summed E-state index contributed by atoms with van der Waals surface area (Å²) in [5, 5.41) is 11.8. The second-order valence-electron chi connectivity index (χ2n) is 7.60. The van der Waals surface area contributed by atoms with Crippen LogP contribution in [0.25, 0.3) is 0 Å². The average molecular weight is 434 g/mol. The first-order valence-corrected chi connectivity index (χ1v) is 10.7. The van der Waals surface area contributed by atoms with Crippen molar-refractivity contribution in [3.05, 3.63) is 82.4 Å². The number of pyridine rings is 1. The molecule has 1 saturated heterocycles. The van der Waals surface area contributed by atoms with Gasteiger partial charge in [-0.05, 0) is 12.5 Å². The van der Waals surface area contributed by atoms with Gasteiger partial charge in [-0.3, -0.25) is 4.99 Å². The zero-order chi connectivity index (χ0) is 22.2. The van der Waals surface area contributed by atoms with Crippen LogP contribution in [0.15, 0.2) is 59.7 Å². The Morgan fingerprint density at radius 2 is 2.03 bits per heavy atom. The van der Waals surface area contributed by atoms with Crippen molar-refractivity contribution in [2.45, 2.75) is 19.9 Å². The van der Waals surface area contributed by atoms with Crippen molar-refractivity contribution in [1.82, 2.24) is 9.97 Å². The van der Waals surface area contributed by atoms with Crippen LogP contribution < -0.4 is 14.4 Å². The van der Waals surface area contributed by atoms with E-state index in [0.29, 0.717) is 44.5 Å². The van der Waals surface area contributed by atoms with Gasteiger partial charge in [-0.2, -0.15) is 14.7 Å². The maximum atomic E-state index is 11.8. The minimum atomic E-state index is 0.295. The number of aryl methyl sites for hydroxylation is 1. The summed E-state index contributed by atoms with van der Waals surface area (Å²) in [5.74, 6) is 0.803. The van der Waals surface area contributed by atoms with Crippen LogP contribution in [0, 0.1) is 12.1 Å². The number of hydrogen-bond donors (Lipinski definition) is 0. The van der Waals surface area contributed by atoms with Crippen LogP contribution in [0.5, 0.6) is 6.01 Å². The van der Waals surface area contributed by atoms with Crippen molar-refractivity contribution in [3.63, 3.8) is 0 Å². The molecule has 0 bridgehead atoms. The van der Waals surface area contributed by atoms with E-state index in [0.717, 1.165) is 34.9 Å². The summed E-state index contributed by atoms with van der Waals surface area (Å²) in [4.78, 5) is 15.9. The number of benzene rings is 1. The lowest BCUT2D eigenvalue weighted by Crippen LogP contribution is -2.37. The van der Waals surface area contributed by atoms with Crippen molar-refractivity contribution < 1.29 is 14.2 Å². The number of morpholine rings is 1. The first-order valence-electron chi connectivity index (χ1n) is 10.7. The molecule has 0 N–H and O–H groups in total.